The van der Waals surface area contributed by atoms with Gasteiger partial charge in [0.05, 0.1) is 25.6 Å². The number of carbonyl (C=O) groups is 1. The van der Waals surface area contributed by atoms with Gasteiger partial charge in [-0.05, 0) is 49.6 Å². The fraction of sp³-hybridized carbons (Fsp3) is 0.250. The van der Waals surface area contributed by atoms with Gasteiger partial charge in [-0.25, -0.2) is 4.99 Å². The number of rotatable bonds is 6. The predicted octanol–water partition coefficient (Wildman–Crippen LogP) is 4.59. The number of aromatic nitrogens is 2. The molecule has 1 aliphatic heterocycles. The monoisotopic (exact) mass is 403 g/mol. The molecule has 0 spiro atoms. The topological polar surface area (TPSA) is 79.5 Å². The first-order valence-corrected chi connectivity index (χ1v) is 9.89. The molecule has 6 nitrogen and oxygen atoms in total. The quantitative estimate of drug-likeness (QED) is 0.591. The van der Waals surface area contributed by atoms with E-state index in [0.717, 1.165) is 50.5 Å². The SMILES string of the molecule is COC(=O)CCc1c(C)[nH]c(/C=C2\N=C(c3cc4ccccc4[nH]3)C=C2OC)c1C. The number of H-pyrrole nitrogens is 2. The Kier molecular flexibility index (Phi) is 5.31. The second-order valence-corrected chi connectivity index (χ2v) is 7.35. The summed E-state index contributed by atoms with van der Waals surface area (Å²) in [5.74, 6) is 0.509. The minimum atomic E-state index is -0.206. The van der Waals surface area contributed by atoms with Crippen LogP contribution in [0.15, 0.2) is 52.9 Å². The van der Waals surface area contributed by atoms with E-state index in [4.69, 9.17) is 14.5 Å². The number of ether oxygens (including phenoxy) is 2. The Morgan fingerprint density at radius 2 is 1.97 bits per heavy atom. The second-order valence-electron chi connectivity index (χ2n) is 7.35. The lowest BCUT2D eigenvalue weighted by molar-refractivity contribution is -0.140. The molecular weight excluding hydrogens is 378 g/mol. The molecule has 4 rings (SSSR count). The fourth-order valence-electron chi connectivity index (χ4n) is 3.83. The maximum atomic E-state index is 11.5. The van der Waals surface area contributed by atoms with Crippen LogP contribution in [0, 0.1) is 13.8 Å². The number of allylic oxidation sites excluding steroid dienone is 1. The largest absolute Gasteiger partial charge is 0.494 e. The van der Waals surface area contributed by atoms with E-state index in [1.807, 2.05) is 37.3 Å². The van der Waals surface area contributed by atoms with E-state index in [-0.39, 0.29) is 5.97 Å². The summed E-state index contributed by atoms with van der Waals surface area (Å²) in [5, 5.41) is 1.14. The number of aromatic amines is 2. The van der Waals surface area contributed by atoms with E-state index < -0.39 is 0 Å². The predicted molar refractivity (Wildman–Crippen MR) is 119 cm³/mol. The number of fused-ring (bicyclic) bond motifs is 1. The van der Waals surface area contributed by atoms with Crippen molar-refractivity contribution in [3.05, 3.63) is 76.1 Å². The van der Waals surface area contributed by atoms with Gasteiger partial charge in [0.25, 0.3) is 0 Å². The first kappa shape index (κ1) is 19.8. The summed E-state index contributed by atoms with van der Waals surface area (Å²) >= 11 is 0. The normalized spacial score (nSPS) is 14.9. The second kappa shape index (κ2) is 8.06. The molecule has 2 N–H and O–H groups in total. The number of hydrogen-bond acceptors (Lipinski definition) is 4. The van der Waals surface area contributed by atoms with Crippen LogP contribution in [-0.4, -0.2) is 35.9 Å². The maximum Gasteiger partial charge on any atom is 0.305 e. The molecule has 0 saturated heterocycles. The number of aliphatic imine (C=N–C) groups is 1. The van der Waals surface area contributed by atoms with Crippen LogP contribution in [0.2, 0.25) is 0 Å². The van der Waals surface area contributed by atoms with Gasteiger partial charge in [-0.1, -0.05) is 18.2 Å². The van der Waals surface area contributed by atoms with E-state index in [2.05, 4.69) is 29.0 Å². The molecule has 0 fully saturated rings. The van der Waals surface area contributed by atoms with Crippen LogP contribution < -0.4 is 0 Å². The van der Waals surface area contributed by atoms with Crippen LogP contribution in [0.25, 0.3) is 17.0 Å². The third kappa shape index (κ3) is 3.68. The first-order valence-electron chi connectivity index (χ1n) is 9.89. The van der Waals surface area contributed by atoms with Crippen molar-refractivity contribution >= 4 is 28.7 Å². The zero-order valence-electron chi connectivity index (χ0n) is 17.6. The highest BCUT2D eigenvalue weighted by Gasteiger charge is 2.19. The molecule has 0 radical (unpaired) electrons. The Morgan fingerprint density at radius 3 is 2.70 bits per heavy atom. The van der Waals surface area contributed by atoms with Crippen molar-refractivity contribution in [1.82, 2.24) is 9.97 Å². The summed E-state index contributed by atoms with van der Waals surface area (Å²) in [6.45, 7) is 4.07. The first-order chi connectivity index (χ1) is 14.5. The van der Waals surface area contributed by atoms with Gasteiger partial charge in [-0.3, -0.25) is 4.79 Å². The zero-order valence-corrected chi connectivity index (χ0v) is 17.6. The van der Waals surface area contributed by atoms with Crippen LogP contribution in [-0.2, 0) is 20.7 Å². The van der Waals surface area contributed by atoms with Gasteiger partial charge in [0, 0.05) is 34.8 Å². The van der Waals surface area contributed by atoms with E-state index >= 15 is 0 Å². The van der Waals surface area contributed by atoms with E-state index in [0.29, 0.717) is 18.6 Å². The lowest BCUT2D eigenvalue weighted by Crippen LogP contribution is -2.02. The smallest absolute Gasteiger partial charge is 0.305 e. The average molecular weight is 403 g/mol. The van der Waals surface area contributed by atoms with Crippen molar-refractivity contribution in [2.75, 3.05) is 14.2 Å². The number of carbonyl (C=O) groups excluding carboxylic acids is 1. The highest BCUT2D eigenvalue weighted by molar-refractivity contribution is 6.13. The molecule has 0 saturated carbocycles. The molecule has 2 aromatic heterocycles. The van der Waals surface area contributed by atoms with E-state index in [9.17, 15) is 4.79 Å². The van der Waals surface area contributed by atoms with E-state index in [1.54, 1.807) is 7.11 Å². The van der Waals surface area contributed by atoms with Gasteiger partial charge < -0.3 is 19.4 Å². The lowest BCUT2D eigenvalue weighted by Gasteiger charge is -2.03. The van der Waals surface area contributed by atoms with Crippen LogP contribution >= 0.6 is 0 Å². The average Bonchev–Trinajstić information content (AvgIpc) is 3.42. The fourth-order valence-corrected chi connectivity index (χ4v) is 3.83. The molecular formula is C24H25N3O3. The Hall–Kier alpha value is -3.54. The summed E-state index contributed by atoms with van der Waals surface area (Å²) in [4.78, 5) is 23.2. The minimum Gasteiger partial charge on any atom is -0.494 e. The van der Waals surface area contributed by atoms with Crippen LogP contribution in [0.3, 0.4) is 0 Å². The number of benzene rings is 1. The lowest BCUT2D eigenvalue weighted by atomic mass is 10.0. The standard InChI is InChI=1S/C24H25N3O3/c1-14-17(9-10-24(28)30-4)15(2)25-19(14)12-22-23(29-3)13-21(27-22)20-11-16-7-5-6-8-18(16)26-20/h5-8,11-13,25-26H,9-10H2,1-4H3/b22-12-. The third-order valence-corrected chi connectivity index (χ3v) is 5.51. The molecule has 1 aliphatic rings. The van der Waals surface area contributed by atoms with Gasteiger partial charge in [-0.15, -0.1) is 0 Å². The molecule has 0 amide bonds. The summed E-state index contributed by atoms with van der Waals surface area (Å²) in [7, 11) is 3.06. The molecule has 3 aromatic rings. The number of esters is 1. The maximum absolute atomic E-state index is 11.5. The Balaban J connectivity index is 1.66. The molecule has 6 heteroatoms. The number of hydrogen-bond donors (Lipinski definition) is 2. The summed E-state index contributed by atoms with van der Waals surface area (Å²) in [6.07, 6.45) is 4.94. The van der Waals surface area contributed by atoms with Crippen molar-refractivity contribution in [3.63, 3.8) is 0 Å². The molecule has 30 heavy (non-hydrogen) atoms. The molecule has 0 aliphatic carbocycles. The molecule has 0 atom stereocenters. The van der Waals surface area contributed by atoms with Gasteiger partial charge in [0.15, 0.2) is 0 Å². The zero-order chi connectivity index (χ0) is 21.3. The molecule has 0 bridgehead atoms. The molecule has 0 unspecified atom stereocenters. The van der Waals surface area contributed by atoms with E-state index in [1.165, 1.54) is 7.11 Å². The Labute approximate surface area is 175 Å². The molecule has 154 valence electrons. The van der Waals surface area contributed by atoms with Gasteiger partial charge in [0.1, 0.15) is 11.5 Å². The van der Waals surface area contributed by atoms with Crippen LogP contribution in [0.5, 0.6) is 0 Å². The van der Waals surface area contributed by atoms with Crippen molar-refractivity contribution in [2.24, 2.45) is 4.99 Å². The third-order valence-electron chi connectivity index (χ3n) is 5.51. The minimum absolute atomic E-state index is 0.206. The van der Waals surface area contributed by atoms with Crippen molar-refractivity contribution in [2.45, 2.75) is 26.7 Å². The summed E-state index contributed by atoms with van der Waals surface area (Å²) in [5.41, 5.74) is 7.87. The van der Waals surface area contributed by atoms with Crippen LogP contribution in [0.4, 0.5) is 0 Å². The number of nitrogens with zero attached hydrogens (tertiary/aromatic N) is 1. The Bertz CT molecular complexity index is 1170. The summed E-state index contributed by atoms with van der Waals surface area (Å²) in [6, 6.07) is 10.2. The highest BCUT2D eigenvalue weighted by atomic mass is 16.5. The van der Waals surface area contributed by atoms with Crippen molar-refractivity contribution in [1.29, 1.82) is 0 Å². The van der Waals surface area contributed by atoms with Crippen molar-refractivity contribution in [3.8, 4) is 0 Å². The van der Waals surface area contributed by atoms with Gasteiger partial charge >= 0.3 is 5.97 Å². The van der Waals surface area contributed by atoms with Crippen LogP contribution in [0.1, 0.15) is 34.6 Å². The van der Waals surface area contributed by atoms with Crippen molar-refractivity contribution < 1.29 is 14.3 Å². The summed E-state index contributed by atoms with van der Waals surface area (Å²) < 4.78 is 10.3. The molecule has 3 heterocycles. The van der Waals surface area contributed by atoms with Gasteiger partial charge in [-0.2, -0.15) is 0 Å². The van der Waals surface area contributed by atoms with Gasteiger partial charge in [0.2, 0.25) is 0 Å². The number of aryl methyl sites for hydroxylation is 1. The molecule has 1 aromatic carbocycles. The number of para-hydroxylation sites is 1. The Morgan fingerprint density at radius 1 is 1.17 bits per heavy atom. The number of methoxy groups -OCH3 is 2. The highest BCUT2D eigenvalue weighted by Crippen LogP contribution is 2.28. The number of nitrogens with one attached hydrogen (secondary N) is 2.